The van der Waals surface area contributed by atoms with Crippen molar-refractivity contribution in [2.45, 2.75) is 13.8 Å². The summed E-state index contributed by atoms with van der Waals surface area (Å²) in [6.45, 7) is 3.29. The zero-order valence-electron chi connectivity index (χ0n) is 9.25. The third kappa shape index (κ3) is 9.91. The van der Waals surface area contributed by atoms with Crippen molar-refractivity contribution in [3.8, 4) is 0 Å². The molecule has 0 spiro atoms. The van der Waals surface area contributed by atoms with Gasteiger partial charge in [0.25, 0.3) is 7.82 Å². The van der Waals surface area contributed by atoms with Crippen LogP contribution in [-0.4, -0.2) is 0 Å². The average molecular weight is 318 g/mol. The molecule has 0 saturated heterocycles. The van der Waals surface area contributed by atoms with Gasteiger partial charge in [-0.1, -0.05) is 17.7 Å². The normalized spacial score (nSPS) is 19.2. The van der Waals surface area contributed by atoms with Crippen molar-refractivity contribution >= 4 is 23.2 Å². The molecular weight excluding hydrogens is 309 g/mol. The number of allylic oxidation sites excluding steroid dienone is 3. The predicted molar refractivity (Wildman–Crippen MR) is 53.6 cm³/mol. The Morgan fingerprint density at radius 2 is 1.50 bits per heavy atom. The summed E-state index contributed by atoms with van der Waals surface area (Å²) in [7, 11) is -16.7. The van der Waals surface area contributed by atoms with E-state index in [-0.39, 0.29) is 0 Å². The second-order valence-electron chi connectivity index (χ2n) is 3.18. The van der Waals surface area contributed by atoms with Crippen LogP contribution in [0.5, 0.6) is 0 Å². The fourth-order valence-electron chi connectivity index (χ4n) is 0.645. The minimum atomic E-state index is -5.91. The largest absolute Gasteiger partial charge is 0.790 e. The van der Waals surface area contributed by atoms with Gasteiger partial charge >= 0.3 is 0 Å². The van der Waals surface area contributed by atoms with Crippen LogP contribution >= 0.6 is 23.2 Å². The number of hydrogen-bond acceptors (Lipinski definition) is 9. The first-order valence-electron chi connectivity index (χ1n) is 4.22. The number of phosphoric acid groups is 2. The predicted octanol–water partition coefficient (Wildman–Crippen LogP) is -0.650. The molecule has 2 unspecified atom stereocenters. The molecule has 18 heavy (non-hydrogen) atoms. The lowest BCUT2D eigenvalue weighted by atomic mass is 10.3. The Kier molecular flexibility index (Phi) is 6.36. The van der Waals surface area contributed by atoms with E-state index < -0.39 is 23.2 Å². The Hall–Kier alpha value is -0.0700. The minimum absolute atomic E-state index is 0.383. The fourth-order valence-corrected chi connectivity index (χ4v) is 3.64. The maximum Gasteiger partial charge on any atom is 0.276 e. The van der Waals surface area contributed by atoms with Crippen LogP contribution in [0.1, 0.15) is 13.8 Å². The lowest BCUT2D eigenvalue weighted by Crippen LogP contribution is -2.19. The second-order valence-corrected chi connectivity index (χ2v) is 7.66. The Labute approximate surface area is 103 Å². The van der Waals surface area contributed by atoms with Gasteiger partial charge in [-0.2, -0.15) is 0 Å². The van der Waals surface area contributed by atoms with Crippen LogP contribution in [0.3, 0.4) is 0 Å². The van der Waals surface area contributed by atoms with Gasteiger partial charge in [0.1, 0.15) is 0 Å². The molecule has 0 N–H and O–H groups in total. The van der Waals surface area contributed by atoms with Crippen LogP contribution in [0.15, 0.2) is 23.5 Å². The van der Waals surface area contributed by atoms with Gasteiger partial charge in [0.15, 0.2) is 7.60 Å². The van der Waals surface area contributed by atoms with Crippen molar-refractivity contribution in [3.63, 3.8) is 0 Å². The van der Waals surface area contributed by atoms with Gasteiger partial charge in [0.2, 0.25) is 0 Å². The van der Waals surface area contributed by atoms with Gasteiger partial charge < -0.3 is 28.7 Å². The SMILES string of the molecule is CC(C)=C/C=C/P(=O)([O-])OP(=O)([O-])OP(=O)([O-])[O-]. The van der Waals surface area contributed by atoms with E-state index in [4.69, 9.17) is 0 Å². The van der Waals surface area contributed by atoms with Gasteiger partial charge in [-0.05, 0) is 19.7 Å². The highest BCUT2D eigenvalue weighted by Crippen LogP contribution is 2.60. The highest BCUT2D eigenvalue weighted by molar-refractivity contribution is 7.67. The third-order valence-corrected chi connectivity index (χ3v) is 4.96. The molecule has 12 heteroatoms. The average Bonchev–Trinajstić information content (AvgIpc) is 1.93. The first-order valence-corrected chi connectivity index (χ1v) is 8.75. The van der Waals surface area contributed by atoms with Gasteiger partial charge in [0.05, 0.1) is 7.82 Å². The van der Waals surface area contributed by atoms with Crippen LogP contribution in [0.25, 0.3) is 0 Å². The maximum atomic E-state index is 11.1. The molecule has 0 aliphatic rings. The van der Waals surface area contributed by atoms with Crippen molar-refractivity contribution in [1.82, 2.24) is 0 Å². The highest BCUT2D eigenvalue weighted by Gasteiger charge is 2.18. The van der Waals surface area contributed by atoms with Crippen molar-refractivity contribution in [2.24, 2.45) is 0 Å². The summed E-state index contributed by atoms with van der Waals surface area (Å²) < 4.78 is 38.3. The molecular formula is C6H9O9P3-4. The molecule has 0 aliphatic carbocycles. The molecule has 0 amide bonds. The Balaban J connectivity index is 4.83. The first-order chi connectivity index (χ1) is 7.83. The van der Waals surface area contributed by atoms with Crippen molar-refractivity contribution in [1.29, 1.82) is 0 Å². The highest BCUT2D eigenvalue weighted by atomic mass is 31.3. The molecule has 0 fully saturated rings. The molecule has 0 heterocycles. The molecule has 9 nitrogen and oxygen atoms in total. The Morgan fingerprint density at radius 1 is 1.00 bits per heavy atom. The van der Waals surface area contributed by atoms with Crippen LogP contribution in [0.2, 0.25) is 0 Å². The molecule has 0 radical (unpaired) electrons. The fraction of sp³-hybridized carbons (Fsp3) is 0.333. The van der Waals surface area contributed by atoms with E-state index in [2.05, 4.69) is 8.62 Å². The molecule has 0 aromatic carbocycles. The summed E-state index contributed by atoms with van der Waals surface area (Å²) in [5, 5.41) is 0. The quantitative estimate of drug-likeness (QED) is 0.457. The Morgan fingerprint density at radius 3 is 1.89 bits per heavy atom. The third-order valence-electron chi connectivity index (χ3n) is 1.11. The van der Waals surface area contributed by atoms with Crippen molar-refractivity contribution in [2.75, 3.05) is 0 Å². The van der Waals surface area contributed by atoms with Crippen molar-refractivity contribution < 1.29 is 41.9 Å². The van der Waals surface area contributed by atoms with E-state index in [1.807, 2.05) is 0 Å². The molecule has 0 aromatic heterocycles. The smallest absolute Gasteiger partial charge is 0.276 e. The van der Waals surface area contributed by atoms with Crippen LogP contribution in [0.4, 0.5) is 0 Å². The summed E-state index contributed by atoms with van der Waals surface area (Å²) in [5.41, 5.74) is 0.719. The molecule has 106 valence electrons. The van der Waals surface area contributed by atoms with E-state index in [9.17, 15) is 33.3 Å². The number of rotatable bonds is 6. The molecule has 0 rings (SSSR count). The summed E-state index contributed by atoms with van der Waals surface area (Å²) in [6.07, 6.45) is 2.30. The second kappa shape index (κ2) is 6.39. The molecule has 0 aromatic rings. The Bertz CT molecular complexity index is 483. The summed E-state index contributed by atoms with van der Waals surface area (Å²) in [5.74, 6) is 0.383. The van der Waals surface area contributed by atoms with Crippen LogP contribution in [-0.2, 0) is 22.3 Å². The van der Waals surface area contributed by atoms with Gasteiger partial charge in [-0.25, -0.2) is 0 Å². The van der Waals surface area contributed by atoms with Crippen molar-refractivity contribution in [3.05, 3.63) is 23.5 Å². The summed E-state index contributed by atoms with van der Waals surface area (Å²) >= 11 is 0. The molecule has 0 aliphatic heterocycles. The summed E-state index contributed by atoms with van der Waals surface area (Å²) in [6, 6.07) is 0. The van der Waals surface area contributed by atoms with E-state index in [1.54, 1.807) is 13.8 Å². The van der Waals surface area contributed by atoms with Crippen LogP contribution in [0, 0.1) is 0 Å². The maximum absolute atomic E-state index is 11.1. The topological polar surface area (TPSA) is 162 Å². The zero-order valence-corrected chi connectivity index (χ0v) is 11.9. The molecule has 0 saturated carbocycles. The van der Waals surface area contributed by atoms with Gasteiger partial charge in [-0.15, -0.1) is 0 Å². The number of hydrogen-bond donors (Lipinski definition) is 0. The van der Waals surface area contributed by atoms with Crippen LogP contribution < -0.4 is 19.6 Å². The van der Waals surface area contributed by atoms with E-state index in [0.717, 1.165) is 11.6 Å². The molecule has 2 atom stereocenters. The lowest BCUT2D eigenvalue weighted by molar-refractivity contribution is -0.339. The zero-order chi connectivity index (χ0) is 14.6. The standard InChI is InChI=1S/C6H13O9P3/c1-6(2)4-3-5-16(7,8)14-18(12,13)15-17(9,10)11/h3-5H,1-2H3,(H,7,8)(H,12,13)(H2,9,10,11)/p-4/b5-3+. The van der Waals surface area contributed by atoms with Gasteiger partial charge in [-0.3, -0.25) is 13.2 Å². The minimum Gasteiger partial charge on any atom is -0.790 e. The summed E-state index contributed by atoms with van der Waals surface area (Å²) in [4.78, 5) is 41.8. The van der Waals surface area contributed by atoms with E-state index in [0.29, 0.717) is 5.82 Å². The molecule has 0 bridgehead atoms. The van der Waals surface area contributed by atoms with E-state index >= 15 is 0 Å². The van der Waals surface area contributed by atoms with Gasteiger partial charge in [0, 0.05) is 0 Å². The first kappa shape index (κ1) is 17.9. The monoisotopic (exact) mass is 318 g/mol. The lowest BCUT2D eigenvalue weighted by Gasteiger charge is -2.37. The van der Waals surface area contributed by atoms with E-state index in [1.165, 1.54) is 6.08 Å².